The summed E-state index contributed by atoms with van der Waals surface area (Å²) in [5, 5.41) is 10.6. The predicted molar refractivity (Wildman–Crippen MR) is 373 cm³/mol. The van der Waals surface area contributed by atoms with Gasteiger partial charge in [-0.1, -0.05) is 296 Å². The number of unbranched alkanes of at least 4 members (excludes halogenated alkanes) is 46. The van der Waals surface area contributed by atoms with Gasteiger partial charge in [-0.05, 0) is 57.8 Å². The molecule has 0 aromatic rings. The first kappa shape index (κ1) is 90.0. The molecule has 0 fully saturated rings. The Labute approximate surface area is 561 Å². The third kappa shape index (κ3) is 67.9. The van der Waals surface area contributed by atoms with E-state index in [4.69, 9.17) is 37.0 Å². The molecule has 0 spiro atoms. The molecule has 2 unspecified atom stereocenters. The number of esters is 3. The van der Waals surface area contributed by atoms with Gasteiger partial charge in [0.2, 0.25) is 0 Å². The number of phosphoric ester groups is 2. The first-order valence-electron chi connectivity index (χ1n) is 37.9. The number of aliphatic hydroxyl groups excluding tert-OH is 1. The molecule has 0 aliphatic carbocycles. The van der Waals surface area contributed by atoms with Crippen molar-refractivity contribution in [3.63, 3.8) is 0 Å². The van der Waals surface area contributed by atoms with Gasteiger partial charge >= 0.3 is 33.6 Å². The van der Waals surface area contributed by atoms with Crippen LogP contribution in [0.15, 0.2) is 12.2 Å². The summed E-state index contributed by atoms with van der Waals surface area (Å²) in [6, 6.07) is 0. The predicted octanol–water partition coefficient (Wildman–Crippen LogP) is 20.9. The first-order valence-corrected chi connectivity index (χ1v) is 40.9. The van der Waals surface area contributed by atoms with Gasteiger partial charge < -0.3 is 38.6 Å². The fraction of sp³-hybridized carbons (Fsp3) is 0.918. The average molecular weight is 1350 g/mol. The van der Waals surface area contributed by atoms with E-state index in [1.165, 1.54) is 173 Å². The normalized spacial score (nSPS) is 14.1. The van der Waals surface area contributed by atoms with Gasteiger partial charge in [0.25, 0.3) is 0 Å². The van der Waals surface area contributed by atoms with Crippen molar-refractivity contribution >= 4 is 39.8 Å². The van der Waals surface area contributed by atoms with Crippen LogP contribution in [0.2, 0.25) is 0 Å². The molecule has 0 aliphatic rings. The van der Waals surface area contributed by atoms with Crippen LogP contribution in [-0.2, 0) is 65.4 Å². The van der Waals surface area contributed by atoms with E-state index in [1.54, 1.807) is 0 Å². The second-order valence-corrected chi connectivity index (χ2v) is 28.8. The van der Waals surface area contributed by atoms with Crippen molar-refractivity contribution in [1.29, 1.82) is 0 Å². The molecule has 0 bridgehead atoms. The summed E-state index contributed by atoms with van der Waals surface area (Å²) in [5.74, 6) is -1.51. The fourth-order valence-corrected chi connectivity index (χ4v) is 12.5. The van der Waals surface area contributed by atoms with E-state index in [1.807, 2.05) is 0 Å². The zero-order valence-corrected chi connectivity index (χ0v) is 60.8. The van der Waals surface area contributed by atoms with Crippen molar-refractivity contribution in [3.8, 4) is 0 Å². The van der Waals surface area contributed by atoms with Crippen LogP contribution in [-0.4, -0.2) is 104 Å². The Balaban J connectivity index is 5.20. The fourth-order valence-electron chi connectivity index (χ4n) is 11.0. The number of carbonyl (C=O) groups is 4. The zero-order chi connectivity index (χ0) is 67.4. The number of ether oxygens (including phenoxy) is 4. The van der Waals surface area contributed by atoms with E-state index in [9.17, 15) is 43.2 Å². The molecule has 0 aromatic carbocycles. The lowest BCUT2D eigenvalue weighted by Gasteiger charge is -2.21. The van der Waals surface area contributed by atoms with Crippen molar-refractivity contribution in [2.75, 3.05) is 46.2 Å². The van der Waals surface area contributed by atoms with E-state index < -0.39 is 84.9 Å². The number of rotatable bonds is 75. The molecule has 0 heterocycles. The minimum Gasteiger partial charge on any atom is -0.462 e. The van der Waals surface area contributed by atoms with Crippen LogP contribution in [0.3, 0.4) is 0 Å². The summed E-state index contributed by atoms with van der Waals surface area (Å²) in [5.41, 5.74) is 0. The van der Waals surface area contributed by atoms with E-state index in [2.05, 4.69) is 32.9 Å². The quantitative estimate of drug-likeness (QED) is 0.0128. The molecular weight excluding hydrogens is 1210 g/mol. The third-order valence-electron chi connectivity index (χ3n) is 16.8. The molecule has 0 saturated heterocycles. The van der Waals surface area contributed by atoms with Crippen molar-refractivity contribution in [3.05, 3.63) is 12.2 Å². The van der Waals surface area contributed by atoms with Gasteiger partial charge in [0.15, 0.2) is 6.10 Å². The maximum atomic E-state index is 13.0. The molecule has 0 aliphatic heterocycles. The molecule has 0 aromatic heterocycles. The van der Waals surface area contributed by atoms with Gasteiger partial charge in [-0.3, -0.25) is 32.5 Å². The van der Waals surface area contributed by atoms with E-state index in [-0.39, 0.29) is 25.9 Å². The summed E-state index contributed by atoms with van der Waals surface area (Å²) in [7, 11) is -9.80. The number of hydrogen-bond acceptors (Lipinski definition) is 15. The first-order chi connectivity index (χ1) is 44.8. The molecule has 544 valence electrons. The third-order valence-corrected chi connectivity index (χ3v) is 18.7. The van der Waals surface area contributed by atoms with E-state index in [0.717, 1.165) is 135 Å². The van der Waals surface area contributed by atoms with Gasteiger partial charge in [0, 0.05) is 32.3 Å². The summed E-state index contributed by atoms with van der Waals surface area (Å²) in [6.45, 7) is 3.73. The maximum Gasteiger partial charge on any atom is 0.472 e. The molecule has 0 radical (unpaired) electrons. The number of allylic oxidation sites excluding steroid dienone is 2. The average Bonchev–Trinajstić information content (AvgIpc) is 2.06. The van der Waals surface area contributed by atoms with Crippen LogP contribution in [0, 0.1) is 0 Å². The highest BCUT2D eigenvalue weighted by Gasteiger charge is 2.30. The van der Waals surface area contributed by atoms with Gasteiger partial charge in [0.05, 0.1) is 33.0 Å². The molecule has 19 heteroatoms. The molecular formula is C73H140O17P2. The number of hydrogen-bond donors (Lipinski definition) is 3. The lowest BCUT2D eigenvalue weighted by molar-refractivity contribution is -0.161. The largest absolute Gasteiger partial charge is 0.472 e. The summed E-state index contributed by atoms with van der Waals surface area (Å²) < 4.78 is 69.1. The van der Waals surface area contributed by atoms with Crippen LogP contribution in [0.1, 0.15) is 367 Å². The highest BCUT2D eigenvalue weighted by molar-refractivity contribution is 7.47. The van der Waals surface area contributed by atoms with Crippen LogP contribution in [0.5, 0.6) is 0 Å². The van der Waals surface area contributed by atoms with Gasteiger partial charge in [0.1, 0.15) is 25.1 Å². The second kappa shape index (κ2) is 68.9. The number of carbonyl (C=O) groups excluding carboxylic acids is 4. The Morgan fingerprint density at radius 3 is 0.946 bits per heavy atom. The summed E-state index contributed by atoms with van der Waals surface area (Å²) in [4.78, 5) is 70.4. The summed E-state index contributed by atoms with van der Waals surface area (Å²) in [6.07, 6.45) is 59.6. The van der Waals surface area contributed by atoms with Crippen LogP contribution >= 0.6 is 15.6 Å². The van der Waals surface area contributed by atoms with Crippen molar-refractivity contribution < 1.29 is 80.2 Å². The Bertz CT molecular complexity index is 1770. The number of aldehydes is 1. The molecule has 0 amide bonds. The van der Waals surface area contributed by atoms with Crippen LogP contribution < -0.4 is 0 Å². The Hall–Kier alpha value is -2.04. The topological polar surface area (TPSA) is 237 Å². The molecule has 17 nitrogen and oxygen atoms in total. The SMILES string of the molecule is CCCCCCCCCCCCCCCC(=O)OC[C@H](COP(=O)(O)OC[C@H](O)COP(=O)(O)OC[C@@H](COCCCCCCC/C=C\CCCCCCC=O)OC(=O)CCCCCCCCCCCCCCC)OC(=O)CCCCCCCCCCCCCCC. The number of phosphoric acid groups is 2. The monoisotopic (exact) mass is 1350 g/mol. The van der Waals surface area contributed by atoms with Gasteiger partial charge in [-0.25, -0.2) is 9.13 Å². The van der Waals surface area contributed by atoms with Crippen LogP contribution in [0.25, 0.3) is 0 Å². The number of aliphatic hydroxyl groups is 1. The molecule has 5 atom stereocenters. The highest BCUT2D eigenvalue weighted by Crippen LogP contribution is 2.45. The standard InChI is InChI=1S/C73H140O17P2/c1-4-7-10-13-16-19-22-27-32-37-42-47-52-57-71(76)84-65-70(90-73(78)59-54-49-44-39-34-29-24-21-18-15-12-9-6-3)67-88-92(81,82)86-63-68(75)62-85-91(79,80)87-66-69(89-72(77)58-53-48-43-38-33-28-23-20-17-14-11-8-5-2)64-83-61-56-51-46-41-36-31-26-25-30-35-40-45-50-55-60-74/h25-26,60,68-70,75H,4-24,27-59,61-67H2,1-3H3,(H,79,80)(H,81,82)/b26-25-/t68-,69-,70-/m1/s1. The Morgan fingerprint density at radius 1 is 0.337 bits per heavy atom. The highest BCUT2D eigenvalue weighted by atomic mass is 31.2. The van der Waals surface area contributed by atoms with Crippen molar-refractivity contribution in [2.24, 2.45) is 0 Å². The molecule has 3 N–H and O–H groups in total. The molecule has 0 saturated carbocycles. The smallest absolute Gasteiger partial charge is 0.462 e. The Kier molecular flexibility index (Phi) is 67.4. The lowest BCUT2D eigenvalue weighted by atomic mass is 10.0. The molecule has 92 heavy (non-hydrogen) atoms. The zero-order valence-electron chi connectivity index (χ0n) is 59.0. The molecule has 0 rings (SSSR count). The van der Waals surface area contributed by atoms with E-state index >= 15 is 0 Å². The van der Waals surface area contributed by atoms with Gasteiger partial charge in [-0.2, -0.15) is 0 Å². The van der Waals surface area contributed by atoms with E-state index in [0.29, 0.717) is 32.3 Å². The second-order valence-electron chi connectivity index (χ2n) is 25.9. The van der Waals surface area contributed by atoms with Crippen molar-refractivity contribution in [2.45, 2.75) is 386 Å². The van der Waals surface area contributed by atoms with Crippen molar-refractivity contribution in [1.82, 2.24) is 0 Å². The minimum absolute atomic E-state index is 0.0735. The minimum atomic E-state index is -4.93. The lowest BCUT2D eigenvalue weighted by Crippen LogP contribution is -2.30. The Morgan fingerprint density at radius 2 is 0.609 bits per heavy atom. The summed E-state index contributed by atoms with van der Waals surface area (Å²) >= 11 is 0. The van der Waals surface area contributed by atoms with Crippen LogP contribution in [0.4, 0.5) is 0 Å². The van der Waals surface area contributed by atoms with Gasteiger partial charge in [-0.15, -0.1) is 0 Å². The maximum absolute atomic E-state index is 13.0.